The average Bonchev–Trinajstić information content (AvgIpc) is 2.98. The largest absolute Gasteiger partial charge is 0.351 e. The van der Waals surface area contributed by atoms with E-state index in [1.165, 1.54) is 12.1 Å². The van der Waals surface area contributed by atoms with Crippen LogP contribution in [-0.4, -0.2) is 10.9 Å². The van der Waals surface area contributed by atoms with Crippen LogP contribution in [0.2, 0.25) is 0 Å². The van der Waals surface area contributed by atoms with E-state index in [4.69, 9.17) is 0 Å². The number of anilines is 1. The minimum Gasteiger partial charge on any atom is -0.351 e. The van der Waals surface area contributed by atoms with Crippen molar-refractivity contribution < 1.29 is 9.18 Å². The van der Waals surface area contributed by atoms with Gasteiger partial charge in [0.2, 0.25) is 0 Å². The second kappa shape index (κ2) is 5.25. The van der Waals surface area contributed by atoms with Crippen LogP contribution in [0, 0.1) is 5.82 Å². The molecule has 0 aliphatic rings. The van der Waals surface area contributed by atoms with E-state index in [2.05, 4.69) is 10.3 Å². The molecule has 3 aromatic carbocycles. The summed E-state index contributed by atoms with van der Waals surface area (Å²) in [7, 11) is 0. The van der Waals surface area contributed by atoms with Crippen LogP contribution in [0.15, 0.2) is 66.7 Å². The quantitative estimate of drug-likeness (QED) is 0.553. The lowest BCUT2D eigenvalue weighted by molar-refractivity contribution is 0.102. The first-order valence-corrected chi connectivity index (χ1v) is 7.27. The maximum absolute atomic E-state index is 13.2. The Labute approximate surface area is 131 Å². The van der Waals surface area contributed by atoms with Crippen molar-refractivity contribution in [2.24, 2.45) is 0 Å². The number of halogens is 1. The zero-order valence-corrected chi connectivity index (χ0v) is 12.1. The molecule has 2 N–H and O–H groups in total. The summed E-state index contributed by atoms with van der Waals surface area (Å²) in [5, 5.41) is 5.71. The molecule has 0 atom stereocenters. The average molecular weight is 304 g/mol. The minimum absolute atomic E-state index is 0.253. The van der Waals surface area contributed by atoms with E-state index in [9.17, 15) is 9.18 Å². The fraction of sp³-hybridized carbons (Fsp3) is 0. The number of hydrogen-bond acceptors (Lipinski definition) is 1. The zero-order chi connectivity index (χ0) is 15.8. The topological polar surface area (TPSA) is 44.9 Å². The number of rotatable bonds is 2. The van der Waals surface area contributed by atoms with Gasteiger partial charge >= 0.3 is 0 Å². The van der Waals surface area contributed by atoms with Gasteiger partial charge in [0.05, 0.1) is 0 Å². The van der Waals surface area contributed by atoms with Crippen molar-refractivity contribution in [1.29, 1.82) is 0 Å². The number of carbonyl (C=O) groups excluding carboxylic acids is 1. The molecule has 0 unspecified atom stereocenters. The van der Waals surface area contributed by atoms with Crippen molar-refractivity contribution >= 4 is 33.3 Å². The van der Waals surface area contributed by atoms with Crippen LogP contribution >= 0.6 is 0 Å². The molecule has 23 heavy (non-hydrogen) atoms. The van der Waals surface area contributed by atoms with Gasteiger partial charge in [0.25, 0.3) is 5.91 Å². The molecule has 4 aromatic rings. The monoisotopic (exact) mass is 304 g/mol. The Balaban J connectivity index is 1.64. The molecule has 1 heterocycles. The number of aromatic amines is 1. The number of H-pyrrole nitrogens is 1. The number of benzene rings is 3. The third kappa shape index (κ3) is 2.55. The summed E-state index contributed by atoms with van der Waals surface area (Å²) in [5.74, 6) is -0.574. The second-order valence-corrected chi connectivity index (χ2v) is 5.43. The number of amides is 1. The van der Waals surface area contributed by atoms with Crippen LogP contribution in [-0.2, 0) is 0 Å². The van der Waals surface area contributed by atoms with Crippen molar-refractivity contribution in [2.75, 3.05) is 5.32 Å². The van der Waals surface area contributed by atoms with Gasteiger partial charge in [-0.25, -0.2) is 4.39 Å². The van der Waals surface area contributed by atoms with Crippen LogP contribution < -0.4 is 5.32 Å². The zero-order valence-electron chi connectivity index (χ0n) is 12.1. The van der Waals surface area contributed by atoms with E-state index in [1.54, 1.807) is 12.1 Å². The Hall–Kier alpha value is -3.14. The Morgan fingerprint density at radius 2 is 1.70 bits per heavy atom. The van der Waals surface area contributed by atoms with E-state index in [1.807, 2.05) is 42.5 Å². The number of carbonyl (C=O) groups is 1. The van der Waals surface area contributed by atoms with Crippen molar-refractivity contribution in [1.82, 2.24) is 4.98 Å². The van der Waals surface area contributed by atoms with E-state index in [0.717, 1.165) is 22.0 Å². The normalized spacial score (nSPS) is 11.0. The van der Waals surface area contributed by atoms with Gasteiger partial charge in [-0.1, -0.05) is 30.3 Å². The molecule has 4 heteroatoms. The smallest absolute Gasteiger partial charge is 0.272 e. The maximum Gasteiger partial charge on any atom is 0.272 e. The maximum atomic E-state index is 13.2. The first-order chi connectivity index (χ1) is 11.2. The molecule has 0 aliphatic carbocycles. The highest BCUT2D eigenvalue weighted by molar-refractivity contribution is 6.06. The molecule has 0 saturated carbocycles. The molecule has 0 radical (unpaired) electrons. The molecule has 0 aliphatic heterocycles. The number of hydrogen-bond donors (Lipinski definition) is 2. The van der Waals surface area contributed by atoms with Crippen molar-refractivity contribution in [2.45, 2.75) is 0 Å². The summed E-state index contributed by atoms with van der Waals surface area (Å²) in [6, 6.07) is 19.7. The van der Waals surface area contributed by atoms with E-state index < -0.39 is 0 Å². The SMILES string of the molecule is O=C(Nc1ccc2ccccc2c1)c1cc2cc(F)ccc2[nH]1. The van der Waals surface area contributed by atoms with Gasteiger partial charge in [-0.15, -0.1) is 0 Å². The minimum atomic E-state index is -0.321. The van der Waals surface area contributed by atoms with Crippen LogP contribution in [0.1, 0.15) is 10.5 Å². The molecular formula is C19H13FN2O. The Morgan fingerprint density at radius 1 is 0.870 bits per heavy atom. The highest BCUT2D eigenvalue weighted by atomic mass is 19.1. The van der Waals surface area contributed by atoms with E-state index >= 15 is 0 Å². The number of aromatic nitrogens is 1. The van der Waals surface area contributed by atoms with Crippen molar-refractivity contribution in [3.63, 3.8) is 0 Å². The van der Waals surface area contributed by atoms with Gasteiger partial charge in [-0.3, -0.25) is 4.79 Å². The molecule has 0 bridgehead atoms. The third-order valence-corrected chi connectivity index (χ3v) is 3.83. The van der Waals surface area contributed by atoms with Crippen LogP contribution in [0.3, 0.4) is 0 Å². The molecule has 0 fully saturated rings. The second-order valence-electron chi connectivity index (χ2n) is 5.43. The predicted octanol–water partition coefficient (Wildman–Crippen LogP) is 4.71. The summed E-state index contributed by atoms with van der Waals surface area (Å²) in [4.78, 5) is 15.4. The molecule has 0 spiro atoms. The fourth-order valence-corrected chi connectivity index (χ4v) is 2.69. The van der Waals surface area contributed by atoms with Gasteiger partial charge in [0.15, 0.2) is 0 Å². The third-order valence-electron chi connectivity index (χ3n) is 3.83. The summed E-state index contributed by atoms with van der Waals surface area (Å²) in [6.45, 7) is 0. The molecule has 1 aromatic heterocycles. The Bertz CT molecular complexity index is 1040. The lowest BCUT2D eigenvalue weighted by atomic mass is 10.1. The fourth-order valence-electron chi connectivity index (χ4n) is 2.69. The summed E-state index contributed by atoms with van der Waals surface area (Å²) >= 11 is 0. The van der Waals surface area contributed by atoms with Gasteiger partial charge in [0.1, 0.15) is 11.5 Å². The summed E-state index contributed by atoms with van der Waals surface area (Å²) in [5.41, 5.74) is 1.85. The van der Waals surface area contributed by atoms with Gasteiger partial charge in [-0.2, -0.15) is 0 Å². The number of nitrogens with one attached hydrogen (secondary N) is 2. The van der Waals surface area contributed by atoms with E-state index in [-0.39, 0.29) is 11.7 Å². The van der Waals surface area contributed by atoms with E-state index in [0.29, 0.717) is 11.1 Å². The standard InChI is InChI=1S/C19H13FN2O/c20-15-6-8-17-14(9-15)11-18(22-17)19(23)21-16-7-5-12-3-1-2-4-13(12)10-16/h1-11,22H,(H,21,23). The molecule has 3 nitrogen and oxygen atoms in total. The molecule has 4 rings (SSSR count). The summed E-state index contributed by atoms with van der Waals surface area (Å²) < 4.78 is 13.2. The summed E-state index contributed by atoms with van der Waals surface area (Å²) in [6.07, 6.45) is 0. The first-order valence-electron chi connectivity index (χ1n) is 7.27. The van der Waals surface area contributed by atoms with Crippen molar-refractivity contribution in [3.05, 3.63) is 78.2 Å². The molecule has 112 valence electrons. The Kier molecular flexibility index (Phi) is 3.08. The van der Waals surface area contributed by atoms with Gasteiger partial charge < -0.3 is 10.3 Å². The highest BCUT2D eigenvalue weighted by Gasteiger charge is 2.10. The lowest BCUT2D eigenvalue weighted by Gasteiger charge is -2.05. The first kappa shape index (κ1) is 13.5. The van der Waals surface area contributed by atoms with Gasteiger partial charge in [0, 0.05) is 16.6 Å². The Morgan fingerprint density at radius 3 is 2.57 bits per heavy atom. The number of fused-ring (bicyclic) bond motifs is 2. The highest BCUT2D eigenvalue weighted by Crippen LogP contribution is 2.21. The van der Waals surface area contributed by atoms with Crippen LogP contribution in [0.4, 0.5) is 10.1 Å². The predicted molar refractivity (Wildman–Crippen MR) is 90.2 cm³/mol. The van der Waals surface area contributed by atoms with Gasteiger partial charge in [-0.05, 0) is 47.2 Å². The lowest BCUT2D eigenvalue weighted by Crippen LogP contribution is -2.12. The van der Waals surface area contributed by atoms with Crippen LogP contribution in [0.5, 0.6) is 0 Å². The van der Waals surface area contributed by atoms with Crippen LogP contribution in [0.25, 0.3) is 21.7 Å². The molecule has 1 amide bonds. The van der Waals surface area contributed by atoms with Crippen molar-refractivity contribution in [3.8, 4) is 0 Å². The molecule has 0 saturated heterocycles. The molecular weight excluding hydrogens is 291 g/mol.